The van der Waals surface area contributed by atoms with Crippen molar-refractivity contribution in [2.75, 3.05) is 40.3 Å². The third-order valence-corrected chi connectivity index (χ3v) is 3.50. The molecule has 0 aromatic rings. The molecule has 1 aliphatic rings. The van der Waals surface area contributed by atoms with E-state index in [4.69, 9.17) is 4.74 Å². The van der Waals surface area contributed by atoms with Crippen LogP contribution >= 0.6 is 0 Å². The van der Waals surface area contributed by atoms with Crippen LogP contribution in [0.5, 0.6) is 0 Å². The fourth-order valence-electron chi connectivity index (χ4n) is 2.74. The fourth-order valence-corrected chi connectivity index (χ4v) is 2.74. The Morgan fingerprint density at radius 1 is 1.36 bits per heavy atom. The molecule has 6 heteroatoms. The van der Waals surface area contributed by atoms with Crippen LogP contribution in [-0.4, -0.2) is 78.5 Å². The van der Waals surface area contributed by atoms with Crippen molar-refractivity contribution in [3.05, 3.63) is 0 Å². The number of ether oxygens (including phenoxy) is 1. The molecule has 22 heavy (non-hydrogen) atoms. The minimum atomic E-state index is -0.780. The molecule has 0 bridgehead atoms. The van der Waals surface area contributed by atoms with Crippen LogP contribution < -0.4 is 5.32 Å². The summed E-state index contributed by atoms with van der Waals surface area (Å²) in [7, 11) is 3.89. The maximum atomic E-state index is 12.1. The summed E-state index contributed by atoms with van der Waals surface area (Å²) < 4.78 is 5.43. The monoisotopic (exact) mass is 315 g/mol. The molecular weight excluding hydrogens is 282 g/mol. The van der Waals surface area contributed by atoms with Gasteiger partial charge in [0.15, 0.2) is 0 Å². The minimum Gasteiger partial charge on any atom is -0.444 e. The predicted molar refractivity (Wildman–Crippen MR) is 88.0 cm³/mol. The standard InChI is InChI=1S/C16H33N3O3/c1-15(2,3)22-14(20)19-9-7-8-13(10-19)17-11-16(4,21)12-18(5)6/h13,17,21H,7-12H2,1-6H3. The topological polar surface area (TPSA) is 65.0 Å². The van der Waals surface area contributed by atoms with Crippen molar-refractivity contribution in [2.45, 2.75) is 57.8 Å². The quantitative estimate of drug-likeness (QED) is 0.800. The average Bonchev–Trinajstić information content (AvgIpc) is 2.33. The summed E-state index contributed by atoms with van der Waals surface area (Å²) in [4.78, 5) is 15.9. The second kappa shape index (κ2) is 7.62. The van der Waals surface area contributed by atoms with Gasteiger partial charge in [-0.2, -0.15) is 0 Å². The number of nitrogens with zero attached hydrogens (tertiary/aromatic N) is 2. The smallest absolute Gasteiger partial charge is 0.410 e. The van der Waals surface area contributed by atoms with Crippen LogP contribution in [0.25, 0.3) is 0 Å². The number of amides is 1. The van der Waals surface area contributed by atoms with E-state index in [9.17, 15) is 9.90 Å². The highest BCUT2D eigenvalue weighted by Crippen LogP contribution is 2.16. The number of nitrogens with one attached hydrogen (secondary N) is 1. The van der Waals surface area contributed by atoms with E-state index in [2.05, 4.69) is 5.32 Å². The van der Waals surface area contributed by atoms with Crippen LogP contribution in [0.4, 0.5) is 4.79 Å². The molecule has 2 unspecified atom stereocenters. The molecule has 1 amide bonds. The molecule has 0 aromatic carbocycles. The van der Waals surface area contributed by atoms with Gasteiger partial charge in [-0.3, -0.25) is 0 Å². The number of likely N-dealkylation sites (N-methyl/N-ethyl adjacent to an activating group) is 1. The number of carbonyl (C=O) groups excluding carboxylic acids is 1. The second-order valence-electron chi connectivity index (χ2n) is 7.88. The first-order chi connectivity index (χ1) is 9.98. The first-order valence-electron chi connectivity index (χ1n) is 8.07. The van der Waals surface area contributed by atoms with E-state index in [-0.39, 0.29) is 12.1 Å². The van der Waals surface area contributed by atoms with Gasteiger partial charge in [-0.25, -0.2) is 4.79 Å². The summed E-state index contributed by atoms with van der Waals surface area (Å²) in [5.74, 6) is 0. The molecule has 1 heterocycles. The van der Waals surface area contributed by atoms with Crippen molar-refractivity contribution in [1.82, 2.24) is 15.1 Å². The van der Waals surface area contributed by atoms with E-state index < -0.39 is 11.2 Å². The number of carbonyl (C=O) groups is 1. The SMILES string of the molecule is CN(C)CC(C)(O)CNC1CCCN(C(=O)OC(C)(C)C)C1. The van der Waals surface area contributed by atoms with Crippen LogP contribution in [-0.2, 0) is 4.74 Å². The van der Waals surface area contributed by atoms with Gasteiger partial charge in [-0.1, -0.05) is 0 Å². The Labute approximate surface area is 134 Å². The Morgan fingerprint density at radius 3 is 2.55 bits per heavy atom. The Kier molecular flexibility index (Phi) is 6.65. The zero-order valence-electron chi connectivity index (χ0n) is 15.0. The maximum Gasteiger partial charge on any atom is 0.410 e. The van der Waals surface area contributed by atoms with Crippen LogP contribution in [0, 0.1) is 0 Å². The highest BCUT2D eigenvalue weighted by molar-refractivity contribution is 5.68. The van der Waals surface area contributed by atoms with E-state index in [1.807, 2.05) is 46.7 Å². The first-order valence-corrected chi connectivity index (χ1v) is 8.07. The lowest BCUT2D eigenvalue weighted by molar-refractivity contribution is 0.0135. The van der Waals surface area contributed by atoms with E-state index in [1.165, 1.54) is 0 Å². The molecule has 2 N–H and O–H groups in total. The molecule has 2 atom stereocenters. The molecule has 0 saturated carbocycles. The number of hydrogen-bond acceptors (Lipinski definition) is 5. The predicted octanol–water partition coefficient (Wildman–Crippen LogP) is 1.29. The number of likely N-dealkylation sites (tertiary alicyclic amines) is 1. The van der Waals surface area contributed by atoms with Crippen LogP contribution in [0.3, 0.4) is 0 Å². The van der Waals surface area contributed by atoms with E-state index in [0.29, 0.717) is 19.6 Å². The highest BCUT2D eigenvalue weighted by Gasteiger charge is 2.29. The fraction of sp³-hybridized carbons (Fsp3) is 0.938. The lowest BCUT2D eigenvalue weighted by atomic mass is 10.0. The van der Waals surface area contributed by atoms with E-state index >= 15 is 0 Å². The zero-order valence-corrected chi connectivity index (χ0v) is 15.0. The molecule has 0 radical (unpaired) electrons. The van der Waals surface area contributed by atoms with Gasteiger partial charge in [0.25, 0.3) is 0 Å². The molecule has 1 fully saturated rings. The Balaban J connectivity index is 2.45. The Hall–Kier alpha value is -0.850. The Morgan fingerprint density at radius 2 is 2.00 bits per heavy atom. The van der Waals surface area contributed by atoms with Gasteiger partial charge in [0.2, 0.25) is 0 Å². The molecular formula is C16H33N3O3. The van der Waals surface area contributed by atoms with Gasteiger partial charge in [0.05, 0.1) is 5.60 Å². The summed E-state index contributed by atoms with van der Waals surface area (Å²) in [5, 5.41) is 13.7. The van der Waals surface area contributed by atoms with Crippen molar-refractivity contribution in [3.63, 3.8) is 0 Å². The number of aliphatic hydroxyl groups is 1. The summed E-state index contributed by atoms with van der Waals surface area (Å²) in [6.07, 6.45) is 1.71. The number of piperidine rings is 1. The van der Waals surface area contributed by atoms with Crippen molar-refractivity contribution < 1.29 is 14.6 Å². The third kappa shape index (κ3) is 7.42. The first kappa shape index (κ1) is 19.2. The molecule has 0 aliphatic carbocycles. The van der Waals surface area contributed by atoms with Crippen molar-refractivity contribution >= 4 is 6.09 Å². The zero-order chi connectivity index (χ0) is 17.0. The van der Waals surface area contributed by atoms with Crippen LogP contribution in [0.1, 0.15) is 40.5 Å². The lowest BCUT2D eigenvalue weighted by Gasteiger charge is -2.36. The normalized spacial score (nSPS) is 22.5. The summed E-state index contributed by atoms with van der Waals surface area (Å²) in [6.45, 7) is 9.94. The lowest BCUT2D eigenvalue weighted by Crippen LogP contribution is -2.53. The summed E-state index contributed by atoms with van der Waals surface area (Å²) >= 11 is 0. The molecule has 130 valence electrons. The van der Waals surface area contributed by atoms with Gasteiger partial charge in [-0.15, -0.1) is 0 Å². The molecule has 1 aliphatic heterocycles. The molecule has 0 spiro atoms. The van der Waals surface area contributed by atoms with Gasteiger partial charge < -0.3 is 25.0 Å². The largest absolute Gasteiger partial charge is 0.444 e. The second-order valence-corrected chi connectivity index (χ2v) is 7.88. The van der Waals surface area contributed by atoms with Gasteiger partial charge >= 0.3 is 6.09 Å². The number of rotatable bonds is 5. The highest BCUT2D eigenvalue weighted by atomic mass is 16.6. The molecule has 6 nitrogen and oxygen atoms in total. The summed E-state index contributed by atoms with van der Waals surface area (Å²) in [6, 6.07) is 0.204. The molecule has 0 aromatic heterocycles. The van der Waals surface area contributed by atoms with Crippen LogP contribution in [0.15, 0.2) is 0 Å². The van der Waals surface area contributed by atoms with Gasteiger partial charge in [0.1, 0.15) is 5.60 Å². The van der Waals surface area contributed by atoms with Crippen LogP contribution in [0.2, 0.25) is 0 Å². The van der Waals surface area contributed by atoms with Crippen molar-refractivity contribution in [2.24, 2.45) is 0 Å². The summed E-state index contributed by atoms with van der Waals surface area (Å²) in [5.41, 5.74) is -1.25. The minimum absolute atomic E-state index is 0.204. The van der Waals surface area contributed by atoms with E-state index in [0.717, 1.165) is 19.4 Å². The molecule has 1 saturated heterocycles. The Bertz CT molecular complexity index is 364. The maximum absolute atomic E-state index is 12.1. The third-order valence-electron chi connectivity index (χ3n) is 3.50. The van der Waals surface area contributed by atoms with E-state index in [1.54, 1.807) is 4.90 Å². The van der Waals surface area contributed by atoms with Crippen molar-refractivity contribution in [1.29, 1.82) is 0 Å². The number of hydrogen-bond donors (Lipinski definition) is 2. The average molecular weight is 315 g/mol. The van der Waals surface area contributed by atoms with Gasteiger partial charge in [0, 0.05) is 32.2 Å². The molecule has 1 rings (SSSR count). The van der Waals surface area contributed by atoms with Crippen molar-refractivity contribution in [3.8, 4) is 0 Å². The van der Waals surface area contributed by atoms with Gasteiger partial charge in [-0.05, 0) is 54.6 Å².